The van der Waals surface area contributed by atoms with Crippen LogP contribution in [0.5, 0.6) is 0 Å². The number of imidazole rings is 1. The minimum Gasteiger partial charge on any atom is -0.444 e. The summed E-state index contributed by atoms with van der Waals surface area (Å²) < 4.78 is 36.6. The third-order valence-corrected chi connectivity index (χ3v) is 8.36. The molecule has 0 spiro atoms. The van der Waals surface area contributed by atoms with Gasteiger partial charge in [-0.2, -0.15) is 32.3 Å². The monoisotopic (exact) mass is 583 g/mol. The molecule has 1 amide bonds. The molecule has 40 heavy (non-hydrogen) atoms. The van der Waals surface area contributed by atoms with Crippen molar-refractivity contribution in [2.45, 2.75) is 50.3 Å². The highest BCUT2D eigenvalue weighted by molar-refractivity contribution is 7.90. The highest BCUT2D eigenvalue weighted by atomic mass is 35.5. The number of ether oxygens (including phenoxy) is 1. The summed E-state index contributed by atoms with van der Waals surface area (Å²) >= 11 is 5.99. The van der Waals surface area contributed by atoms with E-state index in [1.807, 2.05) is 31.6 Å². The number of halogens is 1. The van der Waals surface area contributed by atoms with E-state index in [0.717, 1.165) is 22.5 Å². The topological polar surface area (TPSA) is 142 Å². The summed E-state index contributed by atoms with van der Waals surface area (Å²) in [5.41, 5.74) is 1.97. The molecule has 0 aliphatic carbocycles. The Morgan fingerprint density at radius 2 is 1.80 bits per heavy atom. The van der Waals surface area contributed by atoms with Gasteiger partial charge < -0.3 is 9.64 Å². The van der Waals surface area contributed by atoms with Gasteiger partial charge in [0.05, 0.1) is 24.6 Å². The summed E-state index contributed by atoms with van der Waals surface area (Å²) in [5, 5.41) is 12.7. The first-order chi connectivity index (χ1) is 19.0. The number of likely N-dealkylation sites (tertiary alicyclic amines) is 1. The molecule has 6 rings (SSSR count). The number of hydrogen-bond donors (Lipinski definition) is 0. The maximum Gasteiger partial charge on any atom is 0.410 e. The third-order valence-electron chi connectivity index (χ3n) is 6.60. The molecular weight excluding hydrogens is 558 g/mol. The fourth-order valence-corrected chi connectivity index (χ4v) is 6.09. The van der Waals surface area contributed by atoms with E-state index in [2.05, 4.69) is 25.3 Å². The number of pyridine rings is 1. The van der Waals surface area contributed by atoms with Gasteiger partial charge in [0.1, 0.15) is 21.8 Å². The zero-order chi connectivity index (χ0) is 28.2. The molecule has 0 aromatic carbocycles. The molecule has 5 aromatic rings. The van der Waals surface area contributed by atoms with Crippen molar-refractivity contribution in [2.75, 3.05) is 13.1 Å². The van der Waals surface area contributed by atoms with Crippen LogP contribution in [0.2, 0.25) is 5.15 Å². The van der Waals surface area contributed by atoms with Gasteiger partial charge in [-0.15, -0.1) is 0 Å². The van der Waals surface area contributed by atoms with Crippen LogP contribution in [0.25, 0.3) is 27.8 Å². The number of fused-ring (bicyclic) bond motifs is 2. The summed E-state index contributed by atoms with van der Waals surface area (Å²) in [6.45, 7) is 6.70. The highest BCUT2D eigenvalue weighted by Gasteiger charge is 2.29. The predicted octanol–water partition coefficient (Wildman–Crippen LogP) is 3.80. The Morgan fingerprint density at radius 3 is 2.55 bits per heavy atom. The lowest BCUT2D eigenvalue weighted by Gasteiger charge is -2.33. The molecule has 0 unspecified atom stereocenters. The van der Waals surface area contributed by atoms with Crippen LogP contribution in [0, 0.1) is 0 Å². The molecule has 15 heteroatoms. The van der Waals surface area contributed by atoms with E-state index >= 15 is 0 Å². The van der Waals surface area contributed by atoms with Crippen molar-refractivity contribution >= 4 is 44.4 Å². The summed E-state index contributed by atoms with van der Waals surface area (Å²) in [7, 11) is -4.18. The number of piperidine rings is 1. The van der Waals surface area contributed by atoms with E-state index in [4.69, 9.17) is 16.3 Å². The average Bonchev–Trinajstić information content (AvgIpc) is 3.65. The molecule has 0 bridgehead atoms. The molecule has 0 saturated carbocycles. The van der Waals surface area contributed by atoms with Crippen LogP contribution in [-0.2, 0) is 14.8 Å². The Labute approximate surface area is 234 Å². The van der Waals surface area contributed by atoms with Crippen molar-refractivity contribution in [3.8, 4) is 11.1 Å². The van der Waals surface area contributed by atoms with Crippen molar-refractivity contribution in [1.82, 2.24) is 43.4 Å². The summed E-state index contributed by atoms with van der Waals surface area (Å²) in [6, 6.07) is 4.94. The van der Waals surface area contributed by atoms with Gasteiger partial charge in [0.15, 0.2) is 10.7 Å². The van der Waals surface area contributed by atoms with Gasteiger partial charge >= 0.3 is 16.1 Å². The van der Waals surface area contributed by atoms with Crippen LogP contribution in [0.3, 0.4) is 0 Å². The van der Waals surface area contributed by atoms with Gasteiger partial charge in [-0.25, -0.2) is 9.78 Å². The van der Waals surface area contributed by atoms with Crippen LogP contribution in [0.1, 0.15) is 39.7 Å². The Bertz CT molecular complexity index is 1850. The number of nitrogens with zero attached hydrogens (tertiary/aromatic N) is 9. The first kappa shape index (κ1) is 26.2. The van der Waals surface area contributed by atoms with E-state index in [0.29, 0.717) is 35.3 Å². The Kier molecular flexibility index (Phi) is 6.26. The van der Waals surface area contributed by atoms with Gasteiger partial charge in [0.25, 0.3) is 0 Å². The second-order valence-electron chi connectivity index (χ2n) is 10.6. The van der Waals surface area contributed by atoms with Crippen LogP contribution in [0.4, 0.5) is 4.79 Å². The zero-order valence-corrected chi connectivity index (χ0v) is 23.5. The average molecular weight is 584 g/mol. The smallest absolute Gasteiger partial charge is 0.410 e. The lowest BCUT2D eigenvalue weighted by molar-refractivity contribution is 0.0184. The molecule has 5 aromatic heterocycles. The molecular formula is C25H26ClN9O4S. The minimum absolute atomic E-state index is 0.115. The Balaban J connectivity index is 1.25. The third kappa shape index (κ3) is 4.77. The van der Waals surface area contributed by atoms with Crippen molar-refractivity contribution < 1.29 is 17.9 Å². The molecule has 0 radical (unpaired) electrons. The van der Waals surface area contributed by atoms with Crippen molar-refractivity contribution in [3.63, 3.8) is 0 Å². The SMILES string of the molecule is CC(C)(C)OC(=O)N1CCC(n2cc(-c3cnc4cnn(S(=O)(=O)c5cnc6ccc(Cl)nn56)c4c3)cn2)CC1. The largest absolute Gasteiger partial charge is 0.444 e. The number of hydrogen-bond acceptors (Lipinski definition) is 9. The van der Waals surface area contributed by atoms with Crippen LogP contribution < -0.4 is 0 Å². The first-order valence-corrected chi connectivity index (χ1v) is 14.4. The van der Waals surface area contributed by atoms with E-state index in [1.165, 1.54) is 23.0 Å². The molecule has 208 valence electrons. The lowest BCUT2D eigenvalue weighted by Crippen LogP contribution is -2.42. The zero-order valence-electron chi connectivity index (χ0n) is 22.0. The summed E-state index contributed by atoms with van der Waals surface area (Å²) in [4.78, 5) is 22.7. The Morgan fingerprint density at radius 1 is 1.02 bits per heavy atom. The van der Waals surface area contributed by atoms with Crippen LogP contribution in [0.15, 0.2) is 54.2 Å². The Hall–Kier alpha value is -4.04. The maximum atomic E-state index is 13.6. The van der Waals surface area contributed by atoms with Gasteiger partial charge in [0, 0.05) is 36.6 Å². The fraction of sp³-hybridized carbons (Fsp3) is 0.360. The van der Waals surface area contributed by atoms with E-state index < -0.39 is 15.6 Å². The number of rotatable bonds is 4. The van der Waals surface area contributed by atoms with Crippen molar-refractivity contribution in [2.24, 2.45) is 0 Å². The highest BCUT2D eigenvalue weighted by Crippen LogP contribution is 2.28. The second-order valence-corrected chi connectivity index (χ2v) is 12.7. The fourth-order valence-electron chi connectivity index (χ4n) is 4.66. The molecule has 1 saturated heterocycles. The van der Waals surface area contributed by atoms with E-state index in [9.17, 15) is 13.2 Å². The molecule has 1 aliphatic heterocycles. The molecule has 6 heterocycles. The lowest BCUT2D eigenvalue weighted by atomic mass is 10.1. The van der Waals surface area contributed by atoms with Gasteiger partial charge in [-0.3, -0.25) is 9.67 Å². The standard InChI is InChI=1S/C25H26ClN9O4S/c1-25(2,3)39-24(36)32-8-6-18(7-9-32)33-15-17(12-29-33)16-10-20-19(27-11-16)13-30-35(20)40(37,38)23-14-28-22-5-4-21(26)31-34(22)23/h4-5,10-15,18H,6-9H2,1-3H3. The molecule has 13 nitrogen and oxygen atoms in total. The van der Waals surface area contributed by atoms with Crippen molar-refractivity contribution in [3.05, 3.63) is 54.3 Å². The first-order valence-electron chi connectivity index (χ1n) is 12.6. The van der Waals surface area contributed by atoms with Gasteiger partial charge in [-0.1, -0.05) is 11.6 Å². The van der Waals surface area contributed by atoms with Crippen molar-refractivity contribution in [1.29, 1.82) is 0 Å². The predicted molar refractivity (Wildman–Crippen MR) is 145 cm³/mol. The van der Waals surface area contributed by atoms with Gasteiger partial charge in [-0.05, 0) is 51.8 Å². The number of amides is 1. The van der Waals surface area contributed by atoms with Crippen LogP contribution >= 0.6 is 11.6 Å². The second kappa shape index (κ2) is 9.55. The minimum atomic E-state index is -4.18. The number of carbonyl (C=O) groups excluding carboxylic acids is 1. The summed E-state index contributed by atoms with van der Waals surface area (Å²) in [6.07, 6.45) is 9.06. The number of aromatic nitrogens is 8. The molecule has 0 atom stereocenters. The maximum absolute atomic E-state index is 13.6. The molecule has 0 N–H and O–H groups in total. The van der Waals surface area contributed by atoms with Gasteiger partial charge in [0.2, 0.25) is 0 Å². The van der Waals surface area contributed by atoms with E-state index in [-0.39, 0.29) is 22.3 Å². The molecule has 1 aliphatic rings. The van der Waals surface area contributed by atoms with E-state index in [1.54, 1.807) is 29.4 Å². The van der Waals surface area contributed by atoms with Crippen LogP contribution in [-0.4, -0.2) is 76.6 Å². The normalized spacial score (nSPS) is 15.2. The number of carbonyl (C=O) groups is 1. The quantitative estimate of drug-likeness (QED) is 0.308. The summed E-state index contributed by atoms with van der Waals surface area (Å²) in [5.74, 6) is 0. The molecule has 1 fully saturated rings.